The number of amides is 2. The molecule has 8 aliphatic rings. The number of aliphatic hydroxyl groups excluding tert-OH is 1. The molecule has 8 N–H and O–H groups in total. The number of nitrogens with zero attached hydrogens (tertiary/aromatic N) is 5. The van der Waals surface area contributed by atoms with Crippen LogP contribution in [-0.2, 0) is 31.1 Å². The number of likely N-dealkylation sites (tertiary alicyclic amines) is 1. The Morgan fingerprint density at radius 2 is 1.69 bits per heavy atom. The van der Waals surface area contributed by atoms with E-state index >= 15 is 4.39 Å². The van der Waals surface area contributed by atoms with Gasteiger partial charge >= 0.3 is 5.97 Å². The zero-order valence-electron chi connectivity index (χ0n) is 42.0. The fourth-order valence-corrected chi connectivity index (χ4v) is 15.8. The number of aliphatic hydroxyl groups is 1. The first-order valence-corrected chi connectivity index (χ1v) is 27.9. The van der Waals surface area contributed by atoms with Gasteiger partial charge in [0.05, 0.1) is 46.5 Å². The number of piperidine rings is 1. The number of carboxylic acids is 1. The van der Waals surface area contributed by atoms with E-state index in [2.05, 4.69) is 30.4 Å². The van der Waals surface area contributed by atoms with Gasteiger partial charge in [0.1, 0.15) is 27.8 Å². The first-order chi connectivity index (χ1) is 35.4. The van der Waals surface area contributed by atoms with Crippen molar-refractivity contribution >= 4 is 81.7 Å². The van der Waals surface area contributed by atoms with Gasteiger partial charge in [0.15, 0.2) is 5.82 Å². The number of rotatable bonds is 9. The largest absolute Gasteiger partial charge is 0.481 e. The predicted molar refractivity (Wildman–Crippen MR) is 284 cm³/mol. The molecule has 15 nitrogen and oxygen atoms in total. The minimum absolute atomic E-state index is 0.0333. The van der Waals surface area contributed by atoms with Crippen molar-refractivity contribution in [1.29, 1.82) is 0 Å². The highest BCUT2D eigenvalue weighted by molar-refractivity contribution is 7.99. The highest BCUT2D eigenvalue weighted by atomic mass is 35.5. The summed E-state index contributed by atoms with van der Waals surface area (Å²) in [5.41, 5.74) is 11.9. The number of nitrogens with one attached hydrogen (secondary N) is 2. The molecule has 4 aliphatic heterocycles. The molecule has 2 aromatic carbocycles. The summed E-state index contributed by atoms with van der Waals surface area (Å²) in [4.78, 5) is 60.4. The zero-order chi connectivity index (χ0) is 52.5. The van der Waals surface area contributed by atoms with Gasteiger partial charge in [-0.1, -0.05) is 91.0 Å². The summed E-state index contributed by atoms with van der Waals surface area (Å²) in [6.07, 6.45) is 11.0. The third-order valence-corrected chi connectivity index (χ3v) is 20.5. The molecule has 5 atom stereocenters. The summed E-state index contributed by atoms with van der Waals surface area (Å²) in [5, 5.41) is 27.9. The van der Waals surface area contributed by atoms with Gasteiger partial charge in [-0.3, -0.25) is 19.3 Å². The first kappa shape index (κ1) is 53.1. The number of carbonyl (C=O) groups is 3. The predicted octanol–water partition coefficient (Wildman–Crippen LogP) is 9.20. The number of aliphatic carboxylic acids is 1. The number of pyridine rings is 1. The van der Waals surface area contributed by atoms with Gasteiger partial charge < -0.3 is 42.0 Å². The number of carboxylic acid groups (broad SMARTS) is 1. The normalized spacial score (nSPS) is 29.6. The average molecular weight is 1090 g/mol. The topological polar surface area (TPSA) is 222 Å². The van der Waals surface area contributed by atoms with Crippen LogP contribution in [0.15, 0.2) is 58.6 Å². The maximum atomic E-state index is 16.3. The van der Waals surface area contributed by atoms with Crippen LogP contribution in [0.1, 0.15) is 126 Å². The summed E-state index contributed by atoms with van der Waals surface area (Å²) in [6, 6.07) is 11.2. The van der Waals surface area contributed by atoms with E-state index in [1.165, 1.54) is 17.8 Å². The molecule has 20 heteroatoms. The molecule has 0 radical (unpaired) electrons. The van der Waals surface area contributed by atoms with E-state index in [1.807, 2.05) is 26.8 Å². The molecular weight excluding hydrogens is 1030 g/mol. The van der Waals surface area contributed by atoms with E-state index < -0.39 is 45.7 Å². The van der Waals surface area contributed by atoms with E-state index in [9.17, 15) is 24.6 Å². The maximum absolute atomic E-state index is 16.3. The minimum Gasteiger partial charge on any atom is -0.481 e. The second-order valence-corrected chi connectivity index (χ2v) is 24.0. The lowest BCUT2D eigenvalue weighted by Crippen LogP contribution is -2.63. The maximum Gasteiger partial charge on any atom is 0.309 e. The SMILES string of the molecule is CCN1C(C(=O)NC23CCC(C(=O)O)(CC2)CC3)C(c2cccc(Cl)c2F)C2(C(=O)Nc3cc(Cl)ccc32)C12CCCCC2.Cc1nc(N2CCC3(CC2)COC(C)C3N)c(CO)nc1Sc1ccnc(N)c1Cl. The number of anilines is 3. The molecule has 2 bridgehead atoms. The Morgan fingerprint density at radius 1 is 0.986 bits per heavy atom. The van der Waals surface area contributed by atoms with Gasteiger partial charge in [0.25, 0.3) is 0 Å². The van der Waals surface area contributed by atoms with Crippen molar-refractivity contribution in [3.05, 3.63) is 92.1 Å². The molecule has 12 rings (SSSR count). The number of benzene rings is 2. The van der Waals surface area contributed by atoms with Crippen molar-refractivity contribution in [2.24, 2.45) is 16.6 Å². The monoisotopic (exact) mass is 1090 g/mol. The highest BCUT2D eigenvalue weighted by Crippen LogP contribution is 2.67. The number of ether oxygens (including phenoxy) is 1. The molecule has 6 heterocycles. The summed E-state index contributed by atoms with van der Waals surface area (Å²) >= 11 is 20.5. The Hall–Kier alpha value is -4.33. The first-order valence-electron chi connectivity index (χ1n) is 25.9. The van der Waals surface area contributed by atoms with Gasteiger partial charge in [0, 0.05) is 63.3 Å². The van der Waals surface area contributed by atoms with Crippen LogP contribution >= 0.6 is 46.6 Å². The van der Waals surface area contributed by atoms with Crippen LogP contribution in [0.2, 0.25) is 15.1 Å². The fraction of sp³-hybridized carbons (Fsp3) is 0.556. The van der Waals surface area contributed by atoms with Crippen molar-refractivity contribution in [2.45, 2.75) is 161 Å². The Bertz CT molecular complexity index is 2840. The van der Waals surface area contributed by atoms with Crippen LogP contribution in [0.3, 0.4) is 0 Å². The van der Waals surface area contributed by atoms with E-state index in [0.717, 1.165) is 67.2 Å². The van der Waals surface area contributed by atoms with Gasteiger partial charge in [-0.2, -0.15) is 0 Å². The quantitative estimate of drug-likeness (QED) is 0.0920. The van der Waals surface area contributed by atoms with E-state index in [1.54, 1.807) is 36.5 Å². The third-order valence-electron chi connectivity index (χ3n) is 18.3. The number of fused-ring (bicyclic) bond motifs is 6. The minimum atomic E-state index is -1.27. The smallest absolute Gasteiger partial charge is 0.309 e. The van der Waals surface area contributed by atoms with E-state index in [-0.39, 0.29) is 52.4 Å². The molecule has 4 saturated carbocycles. The number of nitrogens with two attached hydrogens (primary N) is 2. The Kier molecular flexibility index (Phi) is 14.5. The van der Waals surface area contributed by atoms with Gasteiger partial charge in [-0.15, -0.1) is 0 Å². The fourth-order valence-electron chi connectivity index (χ4n) is 14.3. The van der Waals surface area contributed by atoms with Crippen LogP contribution in [0.4, 0.5) is 21.7 Å². The van der Waals surface area contributed by atoms with E-state index in [0.29, 0.717) is 91.0 Å². The van der Waals surface area contributed by atoms with Crippen LogP contribution in [0.25, 0.3) is 0 Å². The number of nitrogen functional groups attached to an aromatic ring is 1. The number of aromatic nitrogens is 3. The number of aryl methyl sites for hydroxylation is 1. The second-order valence-electron chi connectivity index (χ2n) is 21.8. The summed E-state index contributed by atoms with van der Waals surface area (Å²) in [5.74, 6) is -1.72. The molecule has 3 saturated heterocycles. The van der Waals surface area contributed by atoms with Gasteiger partial charge in [-0.25, -0.2) is 19.3 Å². The van der Waals surface area contributed by atoms with Crippen molar-refractivity contribution in [3.63, 3.8) is 0 Å². The second kappa shape index (κ2) is 20.2. The van der Waals surface area contributed by atoms with Crippen molar-refractivity contribution in [1.82, 2.24) is 25.2 Å². The summed E-state index contributed by atoms with van der Waals surface area (Å²) < 4.78 is 22.1. The number of likely N-dealkylation sites (N-methyl/N-ethyl adjacent to an activating group) is 1. The molecule has 74 heavy (non-hydrogen) atoms. The average Bonchev–Trinajstić information content (AvgIpc) is 4.02. The lowest BCUT2D eigenvalue weighted by molar-refractivity contribution is -0.157. The molecule has 4 aromatic rings. The highest BCUT2D eigenvalue weighted by Gasteiger charge is 2.75. The van der Waals surface area contributed by atoms with Crippen molar-refractivity contribution in [2.75, 3.05) is 42.2 Å². The number of carbonyl (C=O) groups excluding carboxylic acids is 2. The Morgan fingerprint density at radius 3 is 2.32 bits per heavy atom. The van der Waals surface area contributed by atoms with Crippen LogP contribution in [0.5, 0.6) is 0 Å². The standard InChI is InChI=1S/C34H38Cl2FN3O4.C20H27ClN6O2S/c1-2-40-27(28(41)39-32-16-13-31(14-17-32,15-18-32)30(43)44)25(21-7-6-8-23(36)26(21)37)34(33(40)11-4-3-5-12-33)22-10-9-20(35)19-24(22)38-29(34)42;1-11-19(30-14-3-6-24-17(23)15(14)21)26-13(9-28)18(25-11)27-7-4-20(5-8-27)10-29-12(2)16(20)22/h6-10,19,25,27H,2-5,11-18H2,1H3,(H,38,42)(H,39,41)(H,43,44);3,6,12,16,28H,4-5,7-10,22H2,1-2H3,(H2,23,24). The van der Waals surface area contributed by atoms with Crippen LogP contribution in [-0.4, -0.2) is 103 Å². The van der Waals surface area contributed by atoms with Gasteiger partial charge in [0.2, 0.25) is 11.8 Å². The van der Waals surface area contributed by atoms with Crippen LogP contribution < -0.4 is 27.0 Å². The Balaban J connectivity index is 0.000000182. The molecule has 4 aliphatic carbocycles. The zero-order valence-corrected chi connectivity index (χ0v) is 45.1. The van der Waals surface area contributed by atoms with Gasteiger partial charge in [-0.05, 0) is 120 Å². The van der Waals surface area contributed by atoms with E-state index in [4.69, 9.17) is 56.0 Å². The van der Waals surface area contributed by atoms with Crippen molar-refractivity contribution < 1.29 is 33.7 Å². The molecular formula is C54H65Cl3FN9O6S. The molecule has 396 valence electrons. The third kappa shape index (κ3) is 8.54. The number of hydrogen-bond acceptors (Lipinski definition) is 13. The lowest BCUT2D eigenvalue weighted by Gasteiger charge is -2.52. The summed E-state index contributed by atoms with van der Waals surface area (Å²) in [7, 11) is 0. The molecule has 2 aromatic heterocycles. The molecule has 2 amide bonds. The Labute approximate surface area is 450 Å². The summed E-state index contributed by atoms with van der Waals surface area (Å²) in [6.45, 7) is 8.60. The lowest BCUT2D eigenvalue weighted by atomic mass is 9.55. The number of halogens is 4. The van der Waals surface area contributed by atoms with Crippen LogP contribution in [0, 0.1) is 23.6 Å². The molecule has 3 spiro atoms. The van der Waals surface area contributed by atoms with Crippen molar-refractivity contribution in [3.8, 4) is 0 Å². The molecule has 5 unspecified atom stereocenters. The molecule has 7 fully saturated rings. The number of hydrogen-bond donors (Lipinski definition) is 6.